The van der Waals surface area contributed by atoms with Crippen LogP contribution in [0.1, 0.15) is 33.3 Å². The highest BCUT2D eigenvalue weighted by molar-refractivity contribution is 5.85. The number of carbonyl (C=O) groups excluding carboxylic acids is 2. The molecule has 0 spiro atoms. The lowest BCUT2D eigenvalue weighted by molar-refractivity contribution is -0.122. The molecule has 2 N–H and O–H groups in total. The van der Waals surface area contributed by atoms with Gasteiger partial charge in [-0.1, -0.05) is 12.1 Å². The number of hydrogen-bond donors (Lipinski definition) is 2. The van der Waals surface area contributed by atoms with Crippen LogP contribution in [0.25, 0.3) is 0 Å². The van der Waals surface area contributed by atoms with Gasteiger partial charge in [0.2, 0.25) is 5.91 Å². The van der Waals surface area contributed by atoms with Crippen LogP contribution in [0.2, 0.25) is 0 Å². The van der Waals surface area contributed by atoms with E-state index in [-0.39, 0.29) is 18.3 Å². The van der Waals surface area contributed by atoms with Gasteiger partial charge in [0, 0.05) is 6.54 Å². The number of nitrogens with one attached hydrogen (secondary N) is 2. The average Bonchev–Trinajstić information content (AvgIpc) is 2.35. The van der Waals surface area contributed by atoms with Crippen molar-refractivity contribution >= 4 is 12.0 Å². The van der Waals surface area contributed by atoms with Crippen LogP contribution < -0.4 is 10.6 Å². The van der Waals surface area contributed by atoms with Gasteiger partial charge in [0.1, 0.15) is 17.5 Å². The summed E-state index contributed by atoms with van der Waals surface area (Å²) in [5.74, 6) is -0.671. The molecule has 116 valence electrons. The second kappa shape index (κ2) is 7.06. The third-order valence-electron chi connectivity index (χ3n) is 2.51. The summed E-state index contributed by atoms with van der Waals surface area (Å²) in [6.45, 7) is 7.05. The predicted octanol–water partition coefficient (Wildman–Crippen LogP) is 2.36. The van der Waals surface area contributed by atoms with Gasteiger partial charge in [-0.05, 0) is 45.4 Å². The summed E-state index contributed by atoms with van der Waals surface area (Å²) in [5, 5.41) is 5.10. The maximum absolute atomic E-state index is 12.7. The highest BCUT2D eigenvalue weighted by Crippen LogP contribution is 2.07. The number of ether oxygens (including phenoxy) is 1. The Morgan fingerprint density at radius 2 is 1.81 bits per heavy atom. The quantitative estimate of drug-likeness (QED) is 0.896. The highest BCUT2D eigenvalue weighted by Gasteiger charge is 2.20. The molecule has 1 aromatic carbocycles. The number of carbonyl (C=O) groups is 2. The Balaban J connectivity index is 2.40. The van der Waals surface area contributed by atoms with E-state index >= 15 is 0 Å². The molecule has 0 aliphatic carbocycles. The van der Waals surface area contributed by atoms with Crippen molar-refractivity contribution in [2.45, 2.75) is 45.9 Å². The van der Waals surface area contributed by atoms with Gasteiger partial charge in [-0.15, -0.1) is 0 Å². The second-order valence-electron chi connectivity index (χ2n) is 5.71. The maximum atomic E-state index is 12.7. The molecule has 5 nitrogen and oxygen atoms in total. The van der Waals surface area contributed by atoms with E-state index in [1.165, 1.54) is 12.1 Å². The Bertz CT molecular complexity index is 495. The first kappa shape index (κ1) is 16.9. The Morgan fingerprint density at radius 1 is 1.24 bits per heavy atom. The van der Waals surface area contributed by atoms with E-state index in [1.807, 2.05) is 0 Å². The highest BCUT2D eigenvalue weighted by atomic mass is 19.1. The molecule has 0 saturated carbocycles. The summed E-state index contributed by atoms with van der Waals surface area (Å²) in [5.41, 5.74) is 0.156. The largest absolute Gasteiger partial charge is 0.444 e. The van der Waals surface area contributed by atoms with E-state index < -0.39 is 17.7 Å². The third-order valence-corrected chi connectivity index (χ3v) is 2.51. The first-order chi connectivity index (χ1) is 9.67. The summed E-state index contributed by atoms with van der Waals surface area (Å²) in [6.07, 6.45) is -0.646. The molecule has 21 heavy (non-hydrogen) atoms. The Labute approximate surface area is 123 Å². The van der Waals surface area contributed by atoms with Crippen molar-refractivity contribution in [3.63, 3.8) is 0 Å². The fourth-order valence-electron chi connectivity index (χ4n) is 1.49. The number of halogens is 1. The minimum absolute atomic E-state index is 0.263. The van der Waals surface area contributed by atoms with Crippen molar-refractivity contribution in [2.75, 3.05) is 0 Å². The van der Waals surface area contributed by atoms with Crippen LogP contribution in [0.5, 0.6) is 0 Å². The van der Waals surface area contributed by atoms with Crippen molar-refractivity contribution in [3.8, 4) is 0 Å². The standard InChI is InChI=1S/C15H21FN2O3/c1-10(18-14(20)21-15(2,3)4)13(19)17-9-11-5-7-12(16)8-6-11/h5-8,10H,9H2,1-4H3,(H,17,19)(H,18,20). The zero-order chi connectivity index (χ0) is 16.0. The first-order valence-corrected chi connectivity index (χ1v) is 6.69. The molecular formula is C15H21FN2O3. The third kappa shape index (κ3) is 6.74. The molecule has 1 atom stereocenters. The normalized spacial score (nSPS) is 12.4. The van der Waals surface area contributed by atoms with Crippen LogP contribution in [0.15, 0.2) is 24.3 Å². The lowest BCUT2D eigenvalue weighted by Gasteiger charge is -2.21. The molecule has 0 radical (unpaired) electrons. The van der Waals surface area contributed by atoms with E-state index in [1.54, 1.807) is 39.8 Å². The first-order valence-electron chi connectivity index (χ1n) is 6.69. The fraction of sp³-hybridized carbons (Fsp3) is 0.467. The number of alkyl carbamates (subject to hydrolysis) is 1. The monoisotopic (exact) mass is 296 g/mol. The van der Waals surface area contributed by atoms with E-state index in [0.29, 0.717) is 0 Å². The molecule has 1 unspecified atom stereocenters. The molecular weight excluding hydrogens is 275 g/mol. The molecule has 6 heteroatoms. The van der Waals surface area contributed by atoms with Gasteiger partial charge in [0.05, 0.1) is 0 Å². The minimum atomic E-state index is -0.722. The molecule has 0 bridgehead atoms. The van der Waals surface area contributed by atoms with Crippen LogP contribution in [-0.2, 0) is 16.1 Å². The lowest BCUT2D eigenvalue weighted by atomic mass is 10.2. The maximum Gasteiger partial charge on any atom is 0.408 e. The summed E-state index contributed by atoms with van der Waals surface area (Å²) in [6, 6.07) is 5.09. The lowest BCUT2D eigenvalue weighted by Crippen LogP contribution is -2.46. The Hall–Kier alpha value is -2.11. The summed E-state index contributed by atoms with van der Waals surface area (Å²) >= 11 is 0. The smallest absolute Gasteiger partial charge is 0.408 e. The summed E-state index contributed by atoms with van der Waals surface area (Å²) < 4.78 is 17.8. The van der Waals surface area contributed by atoms with E-state index in [4.69, 9.17) is 4.74 Å². The second-order valence-corrected chi connectivity index (χ2v) is 5.71. The fourth-order valence-corrected chi connectivity index (χ4v) is 1.49. The van der Waals surface area contributed by atoms with Gasteiger partial charge in [-0.2, -0.15) is 0 Å². The number of benzene rings is 1. The van der Waals surface area contributed by atoms with Crippen molar-refractivity contribution in [3.05, 3.63) is 35.6 Å². The van der Waals surface area contributed by atoms with Crippen molar-refractivity contribution < 1.29 is 18.7 Å². The van der Waals surface area contributed by atoms with Gasteiger partial charge in [-0.3, -0.25) is 4.79 Å². The van der Waals surface area contributed by atoms with Gasteiger partial charge in [-0.25, -0.2) is 9.18 Å². The average molecular weight is 296 g/mol. The van der Waals surface area contributed by atoms with Crippen LogP contribution in [-0.4, -0.2) is 23.6 Å². The zero-order valence-corrected chi connectivity index (χ0v) is 12.7. The van der Waals surface area contributed by atoms with Crippen molar-refractivity contribution in [1.29, 1.82) is 0 Å². The van der Waals surface area contributed by atoms with E-state index in [2.05, 4.69) is 10.6 Å². The zero-order valence-electron chi connectivity index (χ0n) is 12.7. The molecule has 0 aliphatic rings. The van der Waals surface area contributed by atoms with Gasteiger partial charge < -0.3 is 15.4 Å². The van der Waals surface area contributed by atoms with Gasteiger partial charge >= 0.3 is 6.09 Å². The number of rotatable bonds is 4. The van der Waals surface area contributed by atoms with Gasteiger partial charge in [0.25, 0.3) is 0 Å². The molecule has 1 aromatic rings. The van der Waals surface area contributed by atoms with Crippen molar-refractivity contribution in [1.82, 2.24) is 10.6 Å². The molecule has 0 aliphatic heterocycles. The topological polar surface area (TPSA) is 67.4 Å². The van der Waals surface area contributed by atoms with Gasteiger partial charge in [0.15, 0.2) is 0 Å². The number of amides is 2. The SMILES string of the molecule is CC(NC(=O)OC(C)(C)C)C(=O)NCc1ccc(F)cc1. The molecule has 0 saturated heterocycles. The van der Waals surface area contributed by atoms with Crippen LogP contribution in [0, 0.1) is 5.82 Å². The number of hydrogen-bond acceptors (Lipinski definition) is 3. The van der Waals surface area contributed by atoms with Crippen molar-refractivity contribution in [2.24, 2.45) is 0 Å². The van der Waals surface area contributed by atoms with Crippen LogP contribution >= 0.6 is 0 Å². The summed E-state index contributed by atoms with van der Waals surface area (Å²) in [4.78, 5) is 23.4. The Kier molecular flexibility index (Phi) is 5.69. The van der Waals surface area contributed by atoms with Crippen LogP contribution in [0.3, 0.4) is 0 Å². The molecule has 0 fully saturated rings. The van der Waals surface area contributed by atoms with E-state index in [9.17, 15) is 14.0 Å². The molecule has 2 amide bonds. The minimum Gasteiger partial charge on any atom is -0.444 e. The summed E-state index contributed by atoms with van der Waals surface area (Å²) in [7, 11) is 0. The molecule has 0 aromatic heterocycles. The Morgan fingerprint density at radius 3 is 2.33 bits per heavy atom. The molecule has 0 heterocycles. The predicted molar refractivity (Wildman–Crippen MR) is 77.1 cm³/mol. The van der Waals surface area contributed by atoms with Crippen LogP contribution in [0.4, 0.5) is 9.18 Å². The molecule has 1 rings (SSSR count). The van der Waals surface area contributed by atoms with E-state index in [0.717, 1.165) is 5.56 Å².